The smallest absolute Gasteiger partial charge is 0.0778 e. The summed E-state index contributed by atoms with van der Waals surface area (Å²) in [5.41, 5.74) is 0.915. The molecule has 0 fully saturated rings. The highest BCUT2D eigenvalue weighted by Gasteiger charge is 2.21. The Morgan fingerprint density at radius 1 is 1.24 bits per heavy atom. The second kappa shape index (κ2) is 5.62. The Labute approximate surface area is 131 Å². The molecule has 0 radical (unpaired) electrons. The molecule has 0 saturated carbocycles. The molecule has 0 aliphatic carbocycles. The predicted molar refractivity (Wildman–Crippen MR) is 84.0 cm³/mol. The van der Waals surface area contributed by atoms with E-state index in [-0.39, 0.29) is 4.83 Å². The average molecular weight is 415 g/mol. The molecule has 1 aromatic heterocycles. The van der Waals surface area contributed by atoms with Crippen LogP contribution < -0.4 is 0 Å². The zero-order valence-corrected chi connectivity index (χ0v) is 14.3. The van der Waals surface area contributed by atoms with Crippen LogP contribution in [0.4, 0.5) is 0 Å². The maximum absolute atomic E-state index is 6.21. The van der Waals surface area contributed by atoms with E-state index in [1.54, 1.807) is 11.3 Å². The van der Waals surface area contributed by atoms with Crippen molar-refractivity contribution in [3.8, 4) is 0 Å². The van der Waals surface area contributed by atoms with E-state index < -0.39 is 0 Å². The SMILES string of the molecule is Cc1cc(Br)c(C(Br)c2c(Cl)cccc2Cl)s1. The maximum Gasteiger partial charge on any atom is 0.0778 e. The third kappa shape index (κ3) is 2.90. The summed E-state index contributed by atoms with van der Waals surface area (Å²) in [4.78, 5) is 2.44. The van der Waals surface area contributed by atoms with Gasteiger partial charge in [-0.1, -0.05) is 45.2 Å². The fourth-order valence-corrected chi connectivity index (χ4v) is 5.63. The molecule has 1 atom stereocenters. The molecule has 2 aromatic rings. The van der Waals surface area contributed by atoms with E-state index in [1.807, 2.05) is 18.2 Å². The Kier molecular flexibility index (Phi) is 4.59. The molecule has 0 nitrogen and oxygen atoms in total. The summed E-state index contributed by atoms with van der Waals surface area (Å²) in [6.07, 6.45) is 0. The molecule has 17 heavy (non-hydrogen) atoms. The zero-order valence-electron chi connectivity index (χ0n) is 8.81. The third-order valence-corrected chi connectivity index (χ3v) is 6.23. The summed E-state index contributed by atoms with van der Waals surface area (Å²) < 4.78 is 1.08. The van der Waals surface area contributed by atoms with E-state index in [4.69, 9.17) is 23.2 Å². The van der Waals surface area contributed by atoms with Gasteiger partial charge in [-0.15, -0.1) is 11.3 Å². The van der Waals surface area contributed by atoms with Gasteiger partial charge >= 0.3 is 0 Å². The minimum absolute atomic E-state index is 0.0109. The lowest BCUT2D eigenvalue weighted by molar-refractivity contribution is 1.21. The molecule has 1 aromatic carbocycles. The van der Waals surface area contributed by atoms with E-state index in [2.05, 4.69) is 44.8 Å². The van der Waals surface area contributed by atoms with Crippen molar-refractivity contribution in [2.75, 3.05) is 0 Å². The summed E-state index contributed by atoms with van der Waals surface area (Å²) in [6.45, 7) is 2.08. The summed E-state index contributed by atoms with van der Waals surface area (Å²) in [7, 11) is 0. The van der Waals surface area contributed by atoms with E-state index >= 15 is 0 Å². The van der Waals surface area contributed by atoms with E-state index in [9.17, 15) is 0 Å². The Morgan fingerprint density at radius 2 is 1.82 bits per heavy atom. The second-order valence-electron chi connectivity index (χ2n) is 3.57. The first-order valence-electron chi connectivity index (χ1n) is 4.84. The van der Waals surface area contributed by atoms with Crippen LogP contribution in [0.5, 0.6) is 0 Å². The number of hydrogen-bond acceptors (Lipinski definition) is 1. The normalized spacial score (nSPS) is 12.8. The van der Waals surface area contributed by atoms with E-state index in [0.29, 0.717) is 10.0 Å². The minimum atomic E-state index is 0.0109. The van der Waals surface area contributed by atoms with Gasteiger partial charge in [-0.05, 0) is 41.1 Å². The van der Waals surface area contributed by atoms with Gasteiger partial charge in [0.2, 0.25) is 0 Å². The highest BCUT2D eigenvalue weighted by Crippen LogP contribution is 2.45. The van der Waals surface area contributed by atoms with Gasteiger partial charge in [-0.3, -0.25) is 0 Å². The molecule has 0 amide bonds. The molecule has 90 valence electrons. The van der Waals surface area contributed by atoms with Gasteiger partial charge in [0.1, 0.15) is 0 Å². The summed E-state index contributed by atoms with van der Waals surface area (Å²) in [5.74, 6) is 0. The first-order valence-corrected chi connectivity index (χ1v) is 8.12. The van der Waals surface area contributed by atoms with E-state index in [0.717, 1.165) is 10.0 Å². The Morgan fingerprint density at radius 3 is 2.29 bits per heavy atom. The van der Waals surface area contributed by atoms with Gasteiger partial charge in [0.25, 0.3) is 0 Å². The predicted octanol–water partition coefficient (Wildman–Crippen LogP) is 6.61. The van der Waals surface area contributed by atoms with Crippen LogP contribution >= 0.6 is 66.4 Å². The molecule has 2 rings (SSSR count). The van der Waals surface area contributed by atoms with Crippen molar-refractivity contribution in [1.82, 2.24) is 0 Å². The van der Waals surface area contributed by atoms with Gasteiger partial charge in [0.15, 0.2) is 0 Å². The molecule has 1 unspecified atom stereocenters. The summed E-state index contributed by atoms with van der Waals surface area (Å²) >= 11 is 21.4. The first-order chi connectivity index (χ1) is 8.00. The number of halogens is 4. The molecule has 0 spiro atoms. The van der Waals surface area contributed by atoms with Crippen molar-refractivity contribution < 1.29 is 0 Å². The van der Waals surface area contributed by atoms with Crippen LogP contribution in [0.25, 0.3) is 0 Å². The highest BCUT2D eigenvalue weighted by molar-refractivity contribution is 9.11. The fraction of sp³-hybridized carbons (Fsp3) is 0.167. The van der Waals surface area contributed by atoms with Crippen molar-refractivity contribution in [2.45, 2.75) is 11.8 Å². The van der Waals surface area contributed by atoms with Crippen molar-refractivity contribution in [2.24, 2.45) is 0 Å². The van der Waals surface area contributed by atoms with Gasteiger partial charge in [0, 0.05) is 29.8 Å². The Balaban J connectivity index is 2.51. The quantitative estimate of drug-likeness (QED) is 0.485. The van der Waals surface area contributed by atoms with Crippen molar-refractivity contribution in [1.29, 1.82) is 0 Å². The topological polar surface area (TPSA) is 0 Å². The van der Waals surface area contributed by atoms with Gasteiger partial charge < -0.3 is 0 Å². The standard InChI is InChI=1S/C12H8Br2Cl2S/c1-6-5-7(13)12(17-6)11(14)10-8(15)3-2-4-9(10)16/h2-5,11H,1H3. The van der Waals surface area contributed by atoms with Crippen LogP contribution in [0.1, 0.15) is 20.1 Å². The highest BCUT2D eigenvalue weighted by atomic mass is 79.9. The van der Waals surface area contributed by atoms with Crippen LogP contribution in [0.3, 0.4) is 0 Å². The minimum Gasteiger partial charge on any atom is -0.143 e. The summed E-state index contributed by atoms with van der Waals surface area (Å²) in [5, 5.41) is 1.36. The van der Waals surface area contributed by atoms with Gasteiger partial charge in [-0.2, -0.15) is 0 Å². The molecular weight excluding hydrogens is 407 g/mol. The second-order valence-corrected chi connectivity index (χ2v) is 7.44. The molecule has 1 heterocycles. The lowest BCUT2D eigenvalue weighted by atomic mass is 10.1. The van der Waals surface area contributed by atoms with Crippen molar-refractivity contribution >= 4 is 66.4 Å². The van der Waals surface area contributed by atoms with Crippen molar-refractivity contribution in [3.05, 3.63) is 54.1 Å². The molecule has 5 heteroatoms. The Hall–Kier alpha value is 0.460. The van der Waals surface area contributed by atoms with Crippen LogP contribution in [0.2, 0.25) is 10.0 Å². The first kappa shape index (κ1) is 13.9. The lowest BCUT2D eigenvalue weighted by Crippen LogP contribution is -1.93. The number of hydrogen-bond donors (Lipinski definition) is 0. The number of rotatable bonds is 2. The molecule has 0 aliphatic heterocycles. The van der Waals surface area contributed by atoms with Crippen LogP contribution in [0.15, 0.2) is 28.7 Å². The van der Waals surface area contributed by atoms with E-state index in [1.165, 1.54) is 9.75 Å². The zero-order chi connectivity index (χ0) is 12.6. The lowest BCUT2D eigenvalue weighted by Gasteiger charge is -2.13. The monoisotopic (exact) mass is 412 g/mol. The molecule has 0 bridgehead atoms. The Bertz CT molecular complexity index is 531. The number of benzene rings is 1. The van der Waals surface area contributed by atoms with Gasteiger partial charge in [0.05, 0.1) is 4.83 Å². The van der Waals surface area contributed by atoms with Crippen LogP contribution in [0, 0.1) is 6.92 Å². The average Bonchev–Trinajstić information content (AvgIpc) is 2.57. The molecule has 0 N–H and O–H groups in total. The molecular formula is C12H8Br2Cl2S. The third-order valence-electron chi connectivity index (χ3n) is 2.32. The summed E-state index contributed by atoms with van der Waals surface area (Å²) in [6, 6.07) is 7.65. The van der Waals surface area contributed by atoms with Gasteiger partial charge in [-0.25, -0.2) is 0 Å². The van der Waals surface area contributed by atoms with Crippen LogP contribution in [-0.2, 0) is 0 Å². The van der Waals surface area contributed by atoms with Crippen LogP contribution in [-0.4, -0.2) is 0 Å². The number of aryl methyl sites for hydroxylation is 1. The fourth-order valence-electron chi connectivity index (χ4n) is 1.56. The number of thiophene rings is 1. The maximum atomic E-state index is 6.21. The number of alkyl halides is 1. The molecule has 0 aliphatic rings. The largest absolute Gasteiger partial charge is 0.143 e. The van der Waals surface area contributed by atoms with Crippen molar-refractivity contribution in [3.63, 3.8) is 0 Å². The molecule has 0 saturated heterocycles.